The van der Waals surface area contributed by atoms with Crippen LogP contribution < -0.4 is 0 Å². The molecule has 194 valence electrons. The highest BCUT2D eigenvalue weighted by Crippen LogP contribution is 2.67. The summed E-state index contributed by atoms with van der Waals surface area (Å²) in [5.41, 5.74) is 1.99. The largest absolute Gasteiger partial charge is 0.353 e. The van der Waals surface area contributed by atoms with E-state index < -0.39 is 12.5 Å². The lowest BCUT2D eigenvalue weighted by atomic mass is 9.47. The molecular weight excluding hydrogens is 416 g/mol. The molecule has 1 unspecified atom stereocenters. The molecule has 1 heterocycles. The van der Waals surface area contributed by atoms with Gasteiger partial charge in [0.05, 0.1) is 7.45 Å². The van der Waals surface area contributed by atoms with Crippen LogP contribution in [0.3, 0.4) is 0 Å². The van der Waals surface area contributed by atoms with Crippen molar-refractivity contribution in [3.63, 3.8) is 0 Å². The molecule has 4 aliphatic carbocycles. The fourth-order valence-corrected chi connectivity index (χ4v) is 9.39. The Hall–Kier alpha value is -0.340. The molecule has 0 bridgehead atoms. The van der Waals surface area contributed by atoms with Gasteiger partial charge in [0.25, 0.3) is 0 Å². The van der Waals surface area contributed by atoms with Crippen LogP contribution in [0.4, 0.5) is 0 Å². The molecule has 0 amide bonds. The summed E-state index contributed by atoms with van der Waals surface area (Å²) in [5.74, 6) is 4.82. The third-order valence-corrected chi connectivity index (χ3v) is 11.4. The van der Waals surface area contributed by atoms with Crippen LogP contribution in [0.5, 0.6) is 0 Å². The highest BCUT2D eigenvalue weighted by molar-refractivity contribution is 5.25. The zero-order chi connectivity index (χ0) is 25.7. The first kappa shape index (κ1) is 22.8. The van der Waals surface area contributed by atoms with Crippen LogP contribution in [0.2, 0.25) is 0 Å². The van der Waals surface area contributed by atoms with E-state index in [4.69, 9.17) is 10.8 Å². The van der Waals surface area contributed by atoms with Gasteiger partial charge in [-0.1, -0.05) is 65.5 Å². The van der Waals surface area contributed by atoms with E-state index in [0.717, 1.165) is 61.9 Å². The van der Waals surface area contributed by atoms with E-state index in [2.05, 4.69) is 40.7 Å². The molecule has 5 rings (SSSR count). The molecule has 1 aliphatic heterocycles. The summed E-state index contributed by atoms with van der Waals surface area (Å²) in [6, 6.07) is 0. The van der Waals surface area contributed by atoms with Gasteiger partial charge in [-0.15, -0.1) is 0 Å². The molecule has 0 aromatic heterocycles. The Bertz CT molecular complexity index is 806. The van der Waals surface area contributed by atoms with Gasteiger partial charge in [-0.2, -0.15) is 0 Å². The standard InChI is InChI=1S/C32H54O2/c1-22(2)9-8-10-23(3)27-14-15-28-26-13-12-24-21-25(34-30-11-6-7-20-33-30)16-18-31(24,4)29(26)17-19-32(27,28)5/h12,22-23,25-30H,6-11,13-21H2,1-5H3/t23-,25+,26+,27-,28+,29+,30?,31+,32-/m1/s1/i16D,25D/t16-,23-,25+,26+,27-,28+,29+,30?,31+,32-. The van der Waals surface area contributed by atoms with Crippen LogP contribution in [0.15, 0.2) is 11.6 Å². The van der Waals surface area contributed by atoms with E-state index in [9.17, 15) is 1.37 Å². The van der Waals surface area contributed by atoms with Gasteiger partial charge in [0, 0.05) is 7.98 Å². The molecular formula is C32H54O2. The summed E-state index contributed by atoms with van der Waals surface area (Å²) in [6.45, 7) is 13.1. The topological polar surface area (TPSA) is 18.5 Å². The maximum absolute atomic E-state index is 9.18. The minimum atomic E-state index is -1.16. The molecule has 0 spiro atoms. The van der Waals surface area contributed by atoms with E-state index in [0.29, 0.717) is 17.8 Å². The van der Waals surface area contributed by atoms with E-state index in [1.54, 1.807) is 0 Å². The van der Waals surface area contributed by atoms with Crippen molar-refractivity contribution < 1.29 is 12.2 Å². The fourth-order valence-electron chi connectivity index (χ4n) is 9.39. The minimum absolute atomic E-state index is 0.0684. The number of hydrogen-bond donors (Lipinski definition) is 0. The smallest absolute Gasteiger partial charge is 0.157 e. The molecule has 1 saturated heterocycles. The van der Waals surface area contributed by atoms with Crippen molar-refractivity contribution in [1.29, 1.82) is 0 Å². The predicted octanol–water partition coefficient (Wildman–Crippen LogP) is 8.94. The third kappa shape index (κ3) is 4.69. The van der Waals surface area contributed by atoms with Gasteiger partial charge < -0.3 is 9.47 Å². The summed E-state index contributed by atoms with van der Waals surface area (Å²) in [4.78, 5) is 0. The zero-order valence-corrected chi connectivity index (χ0v) is 22.9. The van der Waals surface area contributed by atoms with Gasteiger partial charge in [0.2, 0.25) is 0 Å². The van der Waals surface area contributed by atoms with Gasteiger partial charge in [0.15, 0.2) is 6.29 Å². The Labute approximate surface area is 213 Å². The van der Waals surface area contributed by atoms with Crippen molar-refractivity contribution in [2.24, 2.45) is 46.3 Å². The quantitative estimate of drug-likeness (QED) is 0.344. The van der Waals surface area contributed by atoms with Crippen LogP contribution in [0.25, 0.3) is 0 Å². The first-order valence-electron chi connectivity index (χ1n) is 16.1. The summed E-state index contributed by atoms with van der Waals surface area (Å²) in [6.07, 6.45) is 15.8. The van der Waals surface area contributed by atoms with Crippen LogP contribution >= 0.6 is 0 Å². The fraction of sp³-hybridized carbons (Fsp3) is 0.938. The first-order chi connectivity index (χ1) is 17.1. The molecule has 3 saturated carbocycles. The number of fused-ring (bicyclic) bond motifs is 5. The van der Waals surface area contributed by atoms with Crippen molar-refractivity contribution in [3.05, 3.63) is 11.6 Å². The van der Waals surface area contributed by atoms with E-state index in [-0.39, 0.29) is 11.7 Å². The van der Waals surface area contributed by atoms with Crippen LogP contribution in [-0.4, -0.2) is 19.0 Å². The second kappa shape index (κ2) is 10.2. The molecule has 0 radical (unpaired) electrons. The molecule has 5 aliphatic rings. The molecule has 0 aromatic rings. The molecule has 34 heavy (non-hydrogen) atoms. The highest BCUT2D eigenvalue weighted by atomic mass is 16.7. The Kier molecular flexibility index (Phi) is 6.85. The predicted molar refractivity (Wildman–Crippen MR) is 142 cm³/mol. The lowest BCUT2D eigenvalue weighted by Crippen LogP contribution is -2.51. The van der Waals surface area contributed by atoms with Gasteiger partial charge >= 0.3 is 0 Å². The molecule has 0 aromatic carbocycles. The van der Waals surface area contributed by atoms with Crippen LogP contribution in [-0.2, 0) is 9.47 Å². The van der Waals surface area contributed by atoms with Gasteiger partial charge in [-0.3, -0.25) is 0 Å². The first-order valence-corrected chi connectivity index (χ1v) is 15.0. The minimum Gasteiger partial charge on any atom is -0.353 e. The van der Waals surface area contributed by atoms with E-state index >= 15 is 0 Å². The normalized spacial score (nSPS) is 50.5. The van der Waals surface area contributed by atoms with Crippen LogP contribution in [0, 0.1) is 46.3 Å². The van der Waals surface area contributed by atoms with Crippen molar-refractivity contribution in [2.45, 2.75) is 137 Å². The molecule has 2 nitrogen and oxygen atoms in total. The summed E-state index contributed by atoms with van der Waals surface area (Å²) in [5, 5.41) is 0. The number of rotatable bonds is 7. The second-order valence-corrected chi connectivity index (χ2v) is 13.8. The molecule has 0 N–H and O–H groups in total. The SMILES string of the molecule is [2H][C@@H]1C[C@@]2(C)C(=CC[C@H]3[C@@H]4CC[C@H]([C@H](C)CCCC(C)C)[C@@]4(C)CC[C@@H]32)C[C@@]1([2H])OC1CCCCO1. The van der Waals surface area contributed by atoms with Crippen molar-refractivity contribution in [2.75, 3.05) is 6.61 Å². The summed E-state index contributed by atoms with van der Waals surface area (Å²) >= 11 is 0. The van der Waals surface area contributed by atoms with E-state index in [1.807, 2.05) is 0 Å². The highest BCUT2D eigenvalue weighted by Gasteiger charge is 2.59. The second-order valence-electron chi connectivity index (χ2n) is 13.8. The van der Waals surface area contributed by atoms with Gasteiger partial charge in [-0.05, 0) is 117 Å². The summed E-state index contributed by atoms with van der Waals surface area (Å²) in [7, 11) is 0. The van der Waals surface area contributed by atoms with Crippen molar-refractivity contribution in [1.82, 2.24) is 0 Å². The van der Waals surface area contributed by atoms with Crippen molar-refractivity contribution in [3.8, 4) is 0 Å². The molecule has 10 atom stereocenters. The summed E-state index contributed by atoms with van der Waals surface area (Å²) < 4.78 is 30.3. The van der Waals surface area contributed by atoms with Crippen molar-refractivity contribution >= 4 is 0 Å². The van der Waals surface area contributed by atoms with Crippen LogP contribution in [0.1, 0.15) is 127 Å². The van der Waals surface area contributed by atoms with Gasteiger partial charge in [0.1, 0.15) is 0 Å². The Morgan fingerprint density at radius 1 is 1.09 bits per heavy atom. The maximum Gasteiger partial charge on any atom is 0.157 e. The van der Waals surface area contributed by atoms with E-state index in [1.165, 1.54) is 56.9 Å². The number of allylic oxidation sites excluding steroid dienone is 1. The maximum atomic E-state index is 9.18. The lowest BCUT2D eigenvalue weighted by Gasteiger charge is -2.58. The lowest BCUT2D eigenvalue weighted by molar-refractivity contribution is -0.195. The average molecular weight is 473 g/mol. The monoisotopic (exact) mass is 472 g/mol. The Morgan fingerprint density at radius 3 is 2.71 bits per heavy atom. The van der Waals surface area contributed by atoms with Gasteiger partial charge in [-0.25, -0.2) is 0 Å². The zero-order valence-electron chi connectivity index (χ0n) is 24.9. The average Bonchev–Trinajstić information content (AvgIpc) is 3.18. The number of ether oxygens (including phenoxy) is 2. The third-order valence-electron chi connectivity index (χ3n) is 11.4. The molecule has 2 heteroatoms. The molecule has 4 fully saturated rings. The number of hydrogen-bond acceptors (Lipinski definition) is 2. The Morgan fingerprint density at radius 2 is 1.94 bits per heavy atom. The Balaban J connectivity index is 1.30.